The topological polar surface area (TPSA) is 26.3 Å². The number of hydrogen-bond donors (Lipinski definition) is 0. The van der Waals surface area contributed by atoms with Crippen molar-refractivity contribution in [3.63, 3.8) is 0 Å². The maximum atomic E-state index is 11.0. The molecule has 0 heterocycles. The Bertz CT molecular complexity index is 200. The molecule has 2 nitrogen and oxygen atoms in total. The molecule has 0 fully saturated rings. The van der Waals surface area contributed by atoms with Crippen LogP contribution in [0.1, 0.15) is 27.7 Å². The first-order valence-electron chi connectivity index (χ1n) is 3.59. The quantitative estimate of drug-likeness (QED) is 0.347. The summed E-state index contributed by atoms with van der Waals surface area (Å²) in [6.07, 6.45) is 3.48. The number of carbonyl (C=O) groups excluding carboxylic acids is 1. The summed E-state index contributed by atoms with van der Waals surface area (Å²) in [5.41, 5.74) is 0.631. The number of rotatable bonds is 2. The lowest BCUT2D eigenvalue weighted by Gasteiger charge is -2.02. The van der Waals surface area contributed by atoms with E-state index in [4.69, 9.17) is 4.74 Å². The van der Waals surface area contributed by atoms with Crippen molar-refractivity contribution in [2.45, 2.75) is 27.7 Å². The highest BCUT2D eigenvalue weighted by Crippen LogP contribution is 2.01. The summed E-state index contributed by atoms with van der Waals surface area (Å²) in [7, 11) is 0. The number of hydrogen-bond acceptors (Lipinski definition) is 2. The van der Waals surface area contributed by atoms with E-state index in [2.05, 4.69) is 0 Å². The van der Waals surface area contributed by atoms with Gasteiger partial charge in [0.2, 0.25) is 0 Å². The van der Waals surface area contributed by atoms with E-state index < -0.39 is 0 Å². The number of allylic oxidation sites excluding steroid dienone is 3. The van der Waals surface area contributed by atoms with Crippen LogP contribution in [-0.4, -0.2) is 5.97 Å². The van der Waals surface area contributed by atoms with Crippen LogP contribution in [0.3, 0.4) is 0 Å². The maximum Gasteiger partial charge on any atom is 0.338 e. The van der Waals surface area contributed by atoms with E-state index in [1.807, 2.05) is 13.8 Å². The van der Waals surface area contributed by atoms with Crippen molar-refractivity contribution >= 4 is 5.97 Å². The van der Waals surface area contributed by atoms with Gasteiger partial charge in [-0.15, -0.1) is 0 Å². The van der Waals surface area contributed by atoms with Gasteiger partial charge in [0.05, 0.1) is 0 Å². The molecule has 2 heteroatoms. The third kappa shape index (κ3) is 3.61. The summed E-state index contributed by atoms with van der Waals surface area (Å²) < 4.78 is 4.91. The van der Waals surface area contributed by atoms with Crippen molar-refractivity contribution in [3.05, 3.63) is 23.5 Å². The minimum absolute atomic E-state index is 0.275. The van der Waals surface area contributed by atoms with Crippen LogP contribution in [0.25, 0.3) is 0 Å². The summed E-state index contributed by atoms with van der Waals surface area (Å²) in [4.78, 5) is 11.0. The van der Waals surface area contributed by atoms with Gasteiger partial charge in [0, 0.05) is 5.57 Å². The van der Waals surface area contributed by atoms with Crippen LogP contribution in [0.4, 0.5) is 0 Å². The first kappa shape index (κ1) is 9.95. The molecule has 0 saturated carbocycles. The molecule has 0 saturated heterocycles. The van der Waals surface area contributed by atoms with Crippen LogP contribution in [-0.2, 0) is 9.53 Å². The summed E-state index contributed by atoms with van der Waals surface area (Å²) >= 11 is 0. The van der Waals surface area contributed by atoms with Gasteiger partial charge in [-0.1, -0.05) is 6.08 Å². The molecule has 11 heavy (non-hydrogen) atoms. The van der Waals surface area contributed by atoms with Gasteiger partial charge in [0.15, 0.2) is 0 Å². The predicted octanol–water partition coefficient (Wildman–Crippen LogP) is 2.42. The Labute approximate surface area is 67.6 Å². The minimum Gasteiger partial charge on any atom is -0.428 e. The molecule has 0 unspecified atom stereocenters. The molecule has 0 atom stereocenters. The first-order valence-corrected chi connectivity index (χ1v) is 3.59. The first-order chi connectivity index (χ1) is 5.11. The lowest BCUT2D eigenvalue weighted by Crippen LogP contribution is -2.03. The molecule has 0 N–H and O–H groups in total. The third-order valence-corrected chi connectivity index (χ3v) is 1.42. The summed E-state index contributed by atoms with van der Waals surface area (Å²) in [5.74, 6) is 0.360. The molecule has 0 bridgehead atoms. The van der Waals surface area contributed by atoms with E-state index in [-0.39, 0.29) is 5.97 Å². The van der Waals surface area contributed by atoms with Gasteiger partial charge < -0.3 is 4.74 Å². The summed E-state index contributed by atoms with van der Waals surface area (Å²) in [5, 5.41) is 0. The van der Waals surface area contributed by atoms with E-state index in [1.165, 1.54) is 0 Å². The van der Waals surface area contributed by atoms with Gasteiger partial charge in [-0.3, -0.25) is 0 Å². The van der Waals surface area contributed by atoms with Gasteiger partial charge in [0.25, 0.3) is 0 Å². The second-order valence-corrected chi connectivity index (χ2v) is 2.26. The lowest BCUT2D eigenvalue weighted by molar-refractivity contribution is -0.134. The van der Waals surface area contributed by atoms with Crippen LogP contribution in [0.5, 0.6) is 0 Å². The Morgan fingerprint density at radius 3 is 2.09 bits per heavy atom. The lowest BCUT2D eigenvalue weighted by atomic mass is 10.3. The normalized spacial score (nSPS) is 13.1. The molecule has 0 aliphatic carbocycles. The molecular formula is C9H14O2. The van der Waals surface area contributed by atoms with Gasteiger partial charge in [-0.05, 0) is 33.8 Å². The smallest absolute Gasteiger partial charge is 0.338 e. The van der Waals surface area contributed by atoms with Crippen LogP contribution >= 0.6 is 0 Å². The average Bonchev–Trinajstić information content (AvgIpc) is 2.02. The molecule has 0 aliphatic heterocycles. The standard InChI is InChI=1S/C9H14O2/c1-5-7(3)9(10)11-8(4)6-2/h5-6H,1-4H3. The number of ether oxygens (including phenoxy) is 1. The molecule has 0 amide bonds. The molecule has 0 aliphatic rings. The van der Waals surface area contributed by atoms with Crippen molar-refractivity contribution in [1.29, 1.82) is 0 Å². The van der Waals surface area contributed by atoms with Crippen LogP contribution in [0.2, 0.25) is 0 Å². The molecular weight excluding hydrogens is 140 g/mol. The third-order valence-electron chi connectivity index (χ3n) is 1.42. The van der Waals surface area contributed by atoms with Gasteiger partial charge >= 0.3 is 5.97 Å². The van der Waals surface area contributed by atoms with Gasteiger partial charge in [0.1, 0.15) is 5.76 Å². The fourth-order valence-corrected chi connectivity index (χ4v) is 0.403. The molecule has 0 spiro atoms. The monoisotopic (exact) mass is 154 g/mol. The van der Waals surface area contributed by atoms with E-state index in [0.29, 0.717) is 11.3 Å². The Morgan fingerprint density at radius 1 is 1.18 bits per heavy atom. The van der Waals surface area contributed by atoms with Crippen LogP contribution in [0.15, 0.2) is 23.5 Å². The summed E-state index contributed by atoms with van der Waals surface area (Å²) in [6.45, 7) is 7.11. The number of carbonyl (C=O) groups is 1. The molecule has 0 aromatic rings. The van der Waals surface area contributed by atoms with Crippen molar-refractivity contribution < 1.29 is 9.53 Å². The second kappa shape index (κ2) is 4.72. The Morgan fingerprint density at radius 2 is 1.73 bits per heavy atom. The van der Waals surface area contributed by atoms with Crippen molar-refractivity contribution in [2.24, 2.45) is 0 Å². The molecule has 0 radical (unpaired) electrons. The van der Waals surface area contributed by atoms with Gasteiger partial charge in [-0.2, -0.15) is 0 Å². The summed E-state index contributed by atoms with van der Waals surface area (Å²) in [6, 6.07) is 0. The largest absolute Gasteiger partial charge is 0.428 e. The minimum atomic E-state index is -0.275. The fraction of sp³-hybridized carbons (Fsp3) is 0.444. The highest BCUT2D eigenvalue weighted by Gasteiger charge is 2.03. The zero-order chi connectivity index (χ0) is 8.85. The van der Waals surface area contributed by atoms with E-state index in [9.17, 15) is 4.79 Å². The van der Waals surface area contributed by atoms with E-state index >= 15 is 0 Å². The van der Waals surface area contributed by atoms with Crippen molar-refractivity contribution in [3.8, 4) is 0 Å². The maximum absolute atomic E-state index is 11.0. The van der Waals surface area contributed by atoms with Crippen molar-refractivity contribution in [2.75, 3.05) is 0 Å². The molecule has 0 aromatic heterocycles. The second-order valence-electron chi connectivity index (χ2n) is 2.26. The highest BCUT2D eigenvalue weighted by molar-refractivity contribution is 5.88. The average molecular weight is 154 g/mol. The van der Waals surface area contributed by atoms with E-state index in [1.54, 1.807) is 26.0 Å². The highest BCUT2D eigenvalue weighted by atomic mass is 16.5. The van der Waals surface area contributed by atoms with Gasteiger partial charge in [-0.25, -0.2) is 4.79 Å². The fourth-order valence-electron chi connectivity index (χ4n) is 0.403. The zero-order valence-electron chi connectivity index (χ0n) is 7.47. The molecule has 0 rings (SSSR count). The van der Waals surface area contributed by atoms with E-state index in [0.717, 1.165) is 0 Å². The Kier molecular flexibility index (Phi) is 4.27. The predicted molar refractivity (Wildman–Crippen MR) is 45.0 cm³/mol. The molecule has 0 aromatic carbocycles. The van der Waals surface area contributed by atoms with Crippen LogP contribution < -0.4 is 0 Å². The number of esters is 1. The Balaban J connectivity index is 4.10. The van der Waals surface area contributed by atoms with Crippen LogP contribution in [0, 0.1) is 0 Å². The SMILES string of the molecule is CC=C(C)OC(=O)C(C)=CC. The zero-order valence-corrected chi connectivity index (χ0v) is 7.47. The van der Waals surface area contributed by atoms with Crippen molar-refractivity contribution in [1.82, 2.24) is 0 Å². The Hall–Kier alpha value is -1.05. The molecule has 62 valence electrons.